The van der Waals surface area contributed by atoms with Crippen molar-refractivity contribution in [3.8, 4) is 17.1 Å². The van der Waals surface area contributed by atoms with Crippen molar-refractivity contribution in [1.82, 2.24) is 24.1 Å². The average Bonchev–Trinajstić information content (AvgIpc) is 3.23. The molecule has 1 N–H and O–H groups in total. The van der Waals surface area contributed by atoms with Crippen LogP contribution in [0.1, 0.15) is 5.69 Å². The predicted molar refractivity (Wildman–Crippen MR) is 94.7 cm³/mol. The molecular weight excluding hydrogens is 339 g/mol. The second-order valence-corrected chi connectivity index (χ2v) is 6.05. The van der Waals surface area contributed by atoms with E-state index in [1.807, 2.05) is 25.1 Å². The van der Waals surface area contributed by atoms with Crippen LogP contribution in [0.4, 0.5) is 15.3 Å². The zero-order chi connectivity index (χ0) is 17.2. The fourth-order valence-electron chi connectivity index (χ4n) is 2.40. The zero-order valence-corrected chi connectivity index (χ0v) is 14.0. The number of nitrogens with zero attached hydrogens (tertiary/aromatic N) is 5. The number of pyridine rings is 1. The molecule has 0 radical (unpaired) electrons. The lowest BCUT2D eigenvalue weighted by Gasteiger charge is -2.04. The summed E-state index contributed by atoms with van der Waals surface area (Å²) in [5.74, 6) is 1.03. The third-order valence-electron chi connectivity index (χ3n) is 3.65. The lowest BCUT2D eigenvalue weighted by Crippen LogP contribution is -1.99. The van der Waals surface area contributed by atoms with Gasteiger partial charge in [0.25, 0.3) is 0 Å². The number of hydrogen-bond donors (Lipinski definition) is 1. The van der Waals surface area contributed by atoms with Crippen LogP contribution in [0, 0.1) is 12.7 Å². The van der Waals surface area contributed by atoms with E-state index in [2.05, 4.69) is 24.8 Å². The SMILES string of the molecule is Cc1c(-c2nsc(Nc3ccccn3)n2)cnn1-c1ccc(F)cc1. The van der Waals surface area contributed by atoms with Crippen LogP contribution in [-0.4, -0.2) is 24.1 Å². The molecule has 0 spiro atoms. The van der Waals surface area contributed by atoms with E-state index in [-0.39, 0.29) is 5.82 Å². The third kappa shape index (κ3) is 3.11. The third-order valence-corrected chi connectivity index (χ3v) is 4.28. The van der Waals surface area contributed by atoms with Crippen molar-refractivity contribution < 1.29 is 4.39 Å². The molecule has 1 aromatic carbocycles. The number of aromatic nitrogens is 5. The summed E-state index contributed by atoms with van der Waals surface area (Å²) in [5.41, 5.74) is 2.50. The van der Waals surface area contributed by atoms with Gasteiger partial charge in [0.2, 0.25) is 5.13 Å². The summed E-state index contributed by atoms with van der Waals surface area (Å²) in [6.07, 6.45) is 3.42. The Bertz CT molecular complexity index is 994. The van der Waals surface area contributed by atoms with Crippen LogP contribution in [0.25, 0.3) is 17.1 Å². The van der Waals surface area contributed by atoms with Gasteiger partial charge in [-0.05, 0) is 43.3 Å². The van der Waals surface area contributed by atoms with Gasteiger partial charge in [0.1, 0.15) is 11.6 Å². The molecule has 4 aromatic rings. The highest BCUT2D eigenvalue weighted by Crippen LogP contribution is 2.26. The minimum atomic E-state index is -0.278. The van der Waals surface area contributed by atoms with Crippen LogP contribution in [-0.2, 0) is 0 Å². The van der Waals surface area contributed by atoms with Crippen molar-refractivity contribution in [2.24, 2.45) is 0 Å². The summed E-state index contributed by atoms with van der Waals surface area (Å²) in [7, 11) is 0. The lowest BCUT2D eigenvalue weighted by molar-refractivity contribution is 0.627. The van der Waals surface area contributed by atoms with Gasteiger partial charge in [-0.1, -0.05) is 6.07 Å². The Balaban J connectivity index is 1.62. The summed E-state index contributed by atoms with van der Waals surface area (Å²) >= 11 is 1.26. The van der Waals surface area contributed by atoms with E-state index in [4.69, 9.17) is 0 Å². The summed E-state index contributed by atoms with van der Waals surface area (Å²) < 4.78 is 19.2. The van der Waals surface area contributed by atoms with Crippen LogP contribution in [0.3, 0.4) is 0 Å². The number of halogens is 1. The van der Waals surface area contributed by atoms with E-state index >= 15 is 0 Å². The molecule has 0 atom stereocenters. The van der Waals surface area contributed by atoms with Gasteiger partial charge in [0.15, 0.2) is 5.82 Å². The fraction of sp³-hybridized carbons (Fsp3) is 0.0588. The molecular formula is C17H13FN6S. The summed E-state index contributed by atoms with van der Waals surface area (Å²) in [4.78, 5) is 8.71. The zero-order valence-electron chi connectivity index (χ0n) is 13.2. The Labute approximate surface area is 147 Å². The summed E-state index contributed by atoms with van der Waals surface area (Å²) in [5, 5.41) is 8.15. The maximum absolute atomic E-state index is 13.1. The number of rotatable bonds is 4. The number of benzene rings is 1. The maximum Gasteiger partial charge on any atom is 0.208 e. The molecule has 0 bridgehead atoms. The summed E-state index contributed by atoms with van der Waals surface area (Å²) in [6.45, 7) is 1.93. The van der Waals surface area contributed by atoms with Crippen LogP contribution >= 0.6 is 11.5 Å². The highest BCUT2D eigenvalue weighted by molar-refractivity contribution is 7.09. The van der Waals surface area contributed by atoms with Gasteiger partial charge >= 0.3 is 0 Å². The number of anilines is 2. The molecule has 0 aliphatic carbocycles. The standard InChI is InChI=1S/C17H13FN6S/c1-11-14(10-20-24(11)13-7-5-12(18)6-8-13)16-22-17(25-23-16)21-15-4-2-3-9-19-15/h2-10H,1H3,(H,19,21,22,23). The Morgan fingerprint density at radius 2 is 1.96 bits per heavy atom. The molecule has 3 aromatic heterocycles. The van der Waals surface area contributed by atoms with Gasteiger partial charge in [0.05, 0.1) is 23.1 Å². The molecule has 0 unspecified atom stereocenters. The second kappa shape index (κ2) is 6.40. The van der Waals surface area contributed by atoms with Crippen LogP contribution in [0.2, 0.25) is 0 Å². The van der Waals surface area contributed by atoms with Crippen molar-refractivity contribution in [1.29, 1.82) is 0 Å². The molecule has 8 heteroatoms. The van der Waals surface area contributed by atoms with Crippen LogP contribution in [0.15, 0.2) is 54.9 Å². The van der Waals surface area contributed by atoms with Crippen molar-refractivity contribution in [2.75, 3.05) is 5.32 Å². The van der Waals surface area contributed by atoms with Crippen molar-refractivity contribution in [3.63, 3.8) is 0 Å². The number of hydrogen-bond acceptors (Lipinski definition) is 6. The molecule has 4 rings (SSSR count). The monoisotopic (exact) mass is 352 g/mol. The summed E-state index contributed by atoms with van der Waals surface area (Å²) in [6, 6.07) is 11.8. The topological polar surface area (TPSA) is 68.5 Å². The Morgan fingerprint density at radius 3 is 2.72 bits per heavy atom. The minimum absolute atomic E-state index is 0.278. The van der Waals surface area contributed by atoms with Crippen molar-refractivity contribution in [2.45, 2.75) is 6.92 Å². The highest BCUT2D eigenvalue weighted by atomic mass is 32.1. The van der Waals surface area contributed by atoms with E-state index < -0.39 is 0 Å². The van der Waals surface area contributed by atoms with E-state index in [1.54, 1.807) is 29.2 Å². The molecule has 25 heavy (non-hydrogen) atoms. The molecule has 0 saturated heterocycles. The quantitative estimate of drug-likeness (QED) is 0.602. The Morgan fingerprint density at radius 1 is 1.12 bits per heavy atom. The molecule has 124 valence electrons. The molecule has 0 amide bonds. The van der Waals surface area contributed by atoms with Crippen LogP contribution < -0.4 is 5.32 Å². The van der Waals surface area contributed by atoms with E-state index in [9.17, 15) is 4.39 Å². The first-order chi connectivity index (χ1) is 12.2. The first-order valence-electron chi connectivity index (χ1n) is 7.53. The van der Waals surface area contributed by atoms with Gasteiger partial charge < -0.3 is 5.32 Å². The van der Waals surface area contributed by atoms with Crippen molar-refractivity contribution >= 4 is 22.5 Å². The molecule has 0 aliphatic rings. The molecule has 0 saturated carbocycles. The normalized spacial score (nSPS) is 10.8. The van der Waals surface area contributed by atoms with Gasteiger partial charge in [-0.2, -0.15) is 14.5 Å². The van der Waals surface area contributed by atoms with E-state index in [1.165, 1.54) is 23.7 Å². The average molecular weight is 352 g/mol. The first-order valence-corrected chi connectivity index (χ1v) is 8.31. The largest absolute Gasteiger partial charge is 0.315 e. The van der Waals surface area contributed by atoms with Gasteiger partial charge in [0, 0.05) is 17.7 Å². The molecule has 0 aliphatic heterocycles. The smallest absolute Gasteiger partial charge is 0.208 e. The Kier molecular flexibility index (Phi) is 3.95. The predicted octanol–water partition coefficient (Wildman–Crippen LogP) is 3.98. The van der Waals surface area contributed by atoms with E-state index in [0.29, 0.717) is 16.8 Å². The first kappa shape index (κ1) is 15.4. The van der Waals surface area contributed by atoms with Gasteiger partial charge in [-0.3, -0.25) is 0 Å². The van der Waals surface area contributed by atoms with Crippen molar-refractivity contribution in [3.05, 3.63) is 66.4 Å². The molecule has 6 nitrogen and oxygen atoms in total. The Hall–Kier alpha value is -3.13. The lowest BCUT2D eigenvalue weighted by atomic mass is 10.2. The highest BCUT2D eigenvalue weighted by Gasteiger charge is 2.15. The van der Waals surface area contributed by atoms with Gasteiger partial charge in [-0.25, -0.2) is 14.1 Å². The molecule has 0 fully saturated rings. The minimum Gasteiger partial charge on any atom is -0.315 e. The second-order valence-electron chi connectivity index (χ2n) is 5.29. The van der Waals surface area contributed by atoms with E-state index in [0.717, 1.165) is 16.9 Å². The number of nitrogens with one attached hydrogen (secondary N) is 1. The molecule has 3 heterocycles. The fourth-order valence-corrected chi connectivity index (χ4v) is 2.99. The van der Waals surface area contributed by atoms with Gasteiger partial charge in [-0.15, -0.1) is 0 Å². The van der Waals surface area contributed by atoms with Crippen LogP contribution in [0.5, 0.6) is 0 Å². The maximum atomic E-state index is 13.1.